The standard InChI is InChI=1S/C13H19N3O3/c1-2-19-13(18)11-5-3-7-15(9-11)12(17)10-16-8-4-6-14-16/h4,6,8,11H,2-3,5,7,9-10H2,1H3. The highest BCUT2D eigenvalue weighted by atomic mass is 16.5. The number of piperidine rings is 1. The van der Waals surface area contributed by atoms with Gasteiger partial charge in [-0.25, -0.2) is 0 Å². The number of carbonyl (C=O) groups is 2. The second-order valence-corrected chi connectivity index (χ2v) is 4.63. The van der Waals surface area contributed by atoms with Crippen molar-refractivity contribution in [2.75, 3.05) is 19.7 Å². The number of esters is 1. The Hall–Kier alpha value is -1.85. The van der Waals surface area contributed by atoms with Crippen molar-refractivity contribution in [1.82, 2.24) is 14.7 Å². The third-order valence-electron chi connectivity index (χ3n) is 3.25. The number of ether oxygens (including phenoxy) is 1. The van der Waals surface area contributed by atoms with Crippen LogP contribution in [0.4, 0.5) is 0 Å². The number of likely N-dealkylation sites (tertiary alicyclic amines) is 1. The van der Waals surface area contributed by atoms with Crippen LogP contribution in [0.25, 0.3) is 0 Å². The van der Waals surface area contributed by atoms with Gasteiger partial charge in [-0.2, -0.15) is 5.10 Å². The Morgan fingerprint density at radius 1 is 1.47 bits per heavy atom. The van der Waals surface area contributed by atoms with Crippen LogP contribution in [-0.4, -0.2) is 46.3 Å². The number of rotatable bonds is 4. The molecular formula is C13H19N3O3. The first kappa shape index (κ1) is 13.6. The van der Waals surface area contributed by atoms with Crippen LogP contribution in [0, 0.1) is 5.92 Å². The second kappa shape index (κ2) is 6.36. The van der Waals surface area contributed by atoms with Crippen molar-refractivity contribution < 1.29 is 14.3 Å². The van der Waals surface area contributed by atoms with Crippen molar-refractivity contribution in [2.24, 2.45) is 5.92 Å². The quantitative estimate of drug-likeness (QED) is 0.751. The van der Waals surface area contributed by atoms with Gasteiger partial charge in [0.2, 0.25) is 5.91 Å². The average Bonchev–Trinajstić information content (AvgIpc) is 2.92. The molecule has 0 spiro atoms. The Morgan fingerprint density at radius 2 is 2.32 bits per heavy atom. The van der Waals surface area contributed by atoms with Crippen molar-refractivity contribution in [1.29, 1.82) is 0 Å². The van der Waals surface area contributed by atoms with Crippen molar-refractivity contribution in [3.8, 4) is 0 Å². The van der Waals surface area contributed by atoms with Crippen LogP contribution in [0.2, 0.25) is 0 Å². The van der Waals surface area contributed by atoms with Crippen molar-refractivity contribution >= 4 is 11.9 Å². The molecule has 0 radical (unpaired) electrons. The molecule has 6 nitrogen and oxygen atoms in total. The van der Waals surface area contributed by atoms with E-state index in [2.05, 4.69) is 5.10 Å². The fraction of sp³-hybridized carbons (Fsp3) is 0.615. The van der Waals surface area contributed by atoms with Gasteiger partial charge in [-0.3, -0.25) is 14.3 Å². The lowest BCUT2D eigenvalue weighted by molar-refractivity contribution is -0.151. The van der Waals surface area contributed by atoms with Gasteiger partial charge in [-0.1, -0.05) is 0 Å². The van der Waals surface area contributed by atoms with E-state index in [0.29, 0.717) is 19.7 Å². The van der Waals surface area contributed by atoms with E-state index >= 15 is 0 Å². The Labute approximate surface area is 112 Å². The third kappa shape index (κ3) is 3.56. The number of hydrogen-bond donors (Lipinski definition) is 0. The molecule has 1 fully saturated rings. The van der Waals surface area contributed by atoms with Gasteiger partial charge in [0, 0.05) is 25.5 Å². The summed E-state index contributed by atoms with van der Waals surface area (Å²) in [5.74, 6) is -0.382. The highest BCUT2D eigenvalue weighted by molar-refractivity contribution is 5.78. The van der Waals surface area contributed by atoms with E-state index in [1.54, 1.807) is 35.0 Å². The maximum absolute atomic E-state index is 12.1. The van der Waals surface area contributed by atoms with Gasteiger partial charge in [0.1, 0.15) is 6.54 Å². The van der Waals surface area contributed by atoms with E-state index in [1.807, 2.05) is 0 Å². The minimum Gasteiger partial charge on any atom is -0.466 e. The molecule has 6 heteroatoms. The zero-order chi connectivity index (χ0) is 13.7. The van der Waals surface area contributed by atoms with Crippen LogP contribution in [0.5, 0.6) is 0 Å². The normalized spacial score (nSPS) is 19.2. The number of amides is 1. The van der Waals surface area contributed by atoms with Gasteiger partial charge in [0.15, 0.2) is 0 Å². The molecule has 0 N–H and O–H groups in total. The predicted molar refractivity (Wildman–Crippen MR) is 68.2 cm³/mol. The van der Waals surface area contributed by atoms with E-state index in [0.717, 1.165) is 12.8 Å². The highest BCUT2D eigenvalue weighted by Crippen LogP contribution is 2.18. The van der Waals surface area contributed by atoms with Crippen molar-refractivity contribution in [3.05, 3.63) is 18.5 Å². The van der Waals surface area contributed by atoms with Gasteiger partial charge in [0.25, 0.3) is 0 Å². The van der Waals surface area contributed by atoms with Crippen LogP contribution >= 0.6 is 0 Å². The topological polar surface area (TPSA) is 64.4 Å². The lowest BCUT2D eigenvalue weighted by atomic mass is 9.98. The molecule has 104 valence electrons. The maximum Gasteiger partial charge on any atom is 0.310 e. The zero-order valence-corrected chi connectivity index (χ0v) is 11.1. The Balaban J connectivity index is 1.89. The van der Waals surface area contributed by atoms with Crippen LogP contribution in [-0.2, 0) is 20.9 Å². The number of nitrogens with zero attached hydrogens (tertiary/aromatic N) is 3. The number of hydrogen-bond acceptors (Lipinski definition) is 4. The fourth-order valence-corrected chi connectivity index (χ4v) is 2.29. The van der Waals surface area contributed by atoms with E-state index < -0.39 is 0 Å². The van der Waals surface area contributed by atoms with Crippen molar-refractivity contribution in [2.45, 2.75) is 26.3 Å². The molecule has 0 aromatic carbocycles. The summed E-state index contributed by atoms with van der Waals surface area (Å²) < 4.78 is 6.61. The molecule has 1 unspecified atom stereocenters. The van der Waals surface area contributed by atoms with Gasteiger partial charge < -0.3 is 9.64 Å². The molecular weight excluding hydrogens is 246 g/mol. The zero-order valence-electron chi connectivity index (χ0n) is 11.1. The van der Waals surface area contributed by atoms with E-state index in [4.69, 9.17) is 4.74 Å². The molecule has 1 saturated heterocycles. The summed E-state index contributed by atoms with van der Waals surface area (Å²) >= 11 is 0. The molecule has 2 rings (SSSR count). The molecule has 1 aliphatic rings. The van der Waals surface area contributed by atoms with E-state index in [1.165, 1.54) is 0 Å². The third-order valence-corrected chi connectivity index (χ3v) is 3.25. The number of carbonyl (C=O) groups excluding carboxylic acids is 2. The lowest BCUT2D eigenvalue weighted by Crippen LogP contribution is -2.44. The molecule has 19 heavy (non-hydrogen) atoms. The molecule has 1 aromatic rings. The fourth-order valence-electron chi connectivity index (χ4n) is 2.29. The molecule has 0 bridgehead atoms. The monoisotopic (exact) mass is 265 g/mol. The summed E-state index contributed by atoms with van der Waals surface area (Å²) in [7, 11) is 0. The van der Waals surface area contributed by atoms with Crippen molar-refractivity contribution in [3.63, 3.8) is 0 Å². The molecule has 1 atom stereocenters. The van der Waals surface area contributed by atoms with Gasteiger partial charge in [-0.05, 0) is 25.8 Å². The highest BCUT2D eigenvalue weighted by Gasteiger charge is 2.29. The summed E-state index contributed by atoms with van der Waals surface area (Å²) in [5.41, 5.74) is 0. The smallest absolute Gasteiger partial charge is 0.310 e. The first-order chi connectivity index (χ1) is 9.20. The number of aromatic nitrogens is 2. The van der Waals surface area contributed by atoms with Crippen LogP contribution in [0.15, 0.2) is 18.5 Å². The van der Waals surface area contributed by atoms with E-state index in [9.17, 15) is 9.59 Å². The van der Waals surface area contributed by atoms with Crippen LogP contribution in [0.1, 0.15) is 19.8 Å². The second-order valence-electron chi connectivity index (χ2n) is 4.63. The molecule has 2 heterocycles. The lowest BCUT2D eigenvalue weighted by Gasteiger charge is -2.31. The molecule has 1 aliphatic heterocycles. The Kier molecular flexibility index (Phi) is 4.54. The first-order valence-electron chi connectivity index (χ1n) is 6.62. The first-order valence-corrected chi connectivity index (χ1v) is 6.62. The molecule has 0 aliphatic carbocycles. The van der Waals surface area contributed by atoms with E-state index in [-0.39, 0.29) is 24.3 Å². The molecule has 0 saturated carbocycles. The largest absolute Gasteiger partial charge is 0.466 e. The molecule has 1 amide bonds. The summed E-state index contributed by atoms with van der Waals surface area (Å²) in [6.45, 7) is 3.56. The minimum atomic E-state index is -0.195. The van der Waals surface area contributed by atoms with Gasteiger partial charge in [0.05, 0.1) is 12.5 Å². The van der Waals surface area contributed by atoms with Crippen LogP contribution < -0.4 is 0 Å². The summed E-state index contributed by atoms with van der Waals surface area (Å²) in [4.78, 5) is 25.5. The van der Waals surface area contributed by atoms with Crippen LogP contribution in [0.3, 0.4) is 0 Å². The minimum absolute atomic E-state index is 0.00213. The van der Waals surface area contributed by atoms with Gasteiger partial charge in [-0.15, -0.1) is 0 Å². The Bertz CT molecular complexity index is 430. The maximum atomic E-state index is 12.1. The summed E-state index contributed by atoms with van der Waals surface area (Å²) in [6.07, 6.45) is 5.04. The SMILES string of the molecule is CCOC(=O)C1CCCN(C(=O)Cn2cccn2)C1. The summed E-state index contributed by atoms with van der Waals surface area (Å²) in [5, 5.41) is 4.01. The Morgan fingerprint density at radius 3 is 3.00 bits per heavy atom. The summed E-state index contributed by atoms with van der Waals surface area (Å²) in [6, 6.07) is 1.78. The average molecular weight is 265 g/mol. The predicted octanol–water partition coefficient (Wildman–Crippen LogP) is 0.685. The van der Waals surface area contributed by atoms with Gasteiger partial charge >= 0.3 is 5.97 Å². The molecule has 1 aromatic heterocycles.